The van der Waals surface area contributed by atoms with Gasteiger partial charge in [-0.2, -0.15) is 0 Å². The molecule has 1 aromatic carbocycles. The van der Waals surface area contributed by atoms with Crippen LogP contribution in [0.15, 0.2) is 24.3 Å². The third-order valence-corrected chi connectivity index (χ3v) is 3.77. The fraction of sp³-hybridized carbons (Fsp3) is 0.308. The van der Waals surface area contributed by atoms with E-state index in [0.717, 1.165) is 15.6 Å². The normalized spacial score (nSPS) is 10.8. The van der Waals surface area contributed by atoms with Crippen LogP contribution < -0.4 is 0 Å². The van der Waals surface area contributed by atoms with Crippen molar-refractivity contribution in [1.82, 2.24) is 5.06 Å². The summed E-state index contributed by atoms with van der Waals surface area (Å²) in [6, 6.07) is 7.95. The van der Waals surface area contributed by atoms with Crippen LogP contribution in [-0.4, -0.2) is 32.2 Å². The third-order valence-electron chi connectivity index (χ3n) is 2.66. The largest absolute Gasteiger partial charge is 0.380 e. The Bertz CT molecular complexity index is 564. The molecule has 0 saturated carbocycles. The summed E-state index contributed by atoms with van der Waals surface area (Å²) in [6.45, 7) is 0.576. The summed E-state index contributed by atoms with van der Waals surface area (Å²) in [5.41, 5.74) is 1.10. The highest BCUT2D eigenvalue weighted by Gasteiger charge is 2.14. The minimum atomic E-state index is -0.132. The van der Waals surface area contributed by atoms with Crippen molar-refractivity contribution in [2.75, 3.05) is 21.3 Å². The molecule has 4 nitrogen and oxygen atoms in total. The first-order chi connectivity index (χ1) is 8.65. The van der Waals surface area contributed by atoms with Crippen molar-refractivity contribution in [2.24, 2.45) is 0 Å². The lowest BCUT2D eigenvalue weighted by molar-refractivity contribution is -0.0753. The molecular weight excluding hydrogens is 250 g/mol. The summed E-state index contributed by atoms with van der Waals surface area (Å²) in [5, 5.41) is 2.28. The van der Waals surface area contributed by atoms with Gasteiger partial charge in [-0.25, -0.2) is 5.06 Å². The highest BCUT2D eigenvalue weighted by Crippen LogP contribution is 2.27. The lowest BCUT2D eigenvalue weighted by Crippen LogP contribution is -2.24. The number of nitrogens with zero attached hydrogens (tertiary/aromatic N) is 1. The number of rotatable bonds is 4. The van der Waals surface area contributed by atoms with Crippen molar-refractivity contribution >= 4 is 27.3 Å². The van der Waals surface area contributed by atoms with Gasteiger partial charge in [-0.1, -0.05) is 6.07 Å². The molecule has 0 spiro atoms. The van der Waals surface area contributed by atoms with Crippen molar-refractivity contribution in [3.05, 3.63) is 34.7 Å². The molecule has 0 radical (unpaired) electrons. The molecule has 0 saturated heterocycles. The fourth-order valence-electron chi connectivity index (χ4n) is 1.69. The first-order valence-corrected chi connectivity index (χ1v) is 6.31. The van der Waals surface area contributed by atoms with Crippen LogP contribution >= 0.6 is 11.3 Å². The molecule has 0 N–H and O–H groups in total. The van der Waals surface area contributed by atoms with Crippen molar-refractivity contribution in [1.29, 1.82) is 0 Å². The minimum Gasteiger partial charge on any atom is -0.380 e. The van der Waals surface area contributed by atoms with E-state index in [1.165, 1.54) is 23.5 Å². The van der Waals surface area contributed by atoms with Gasteiger partial charge in [0.2, 0.25) is 0 Å². The first-order valence-electron chi connectivity index (χ1n) is 5.49. The number of hydrogen-bond donors (Lipinski definition) is 0. The number of methoxy groups -OCH3 is 1. The number of thiophene rings is 1. The molecule has 0 aliphatic heterocycles. The second kappa shape index (κ2) is 5.48. The van der Waals surface area contributed by atoms with E-state index in [1.807, 2.05) is 24.3 Å². The molecule has 1 amide bonds. The Morgan fingerprint density at radius 3 is 2.78 bits per heavy atom. The van der Waals surface area contributed by atoms with Crippen molar-refractivity contribution in [3.8, 4) is 0 Å². The van der Waals surface area contributed by atoms with E-state index in [-0.39, 0.29) is 5.91 Å². The van der Waals surface area contributed by atoms with Crippen molar-refractivity contribution < 1.29 is 14.4 Å². The SMILES string of the molecule is COCc1ccc2sc(C(=O)N(C)OC)cc2c1. The van der Waals surface area contributed by atoms with E-state index in [4.69, 9.17) is 9.57 Å². The zero-order chi connectivity index (χ0) is 13.1. The Kier molecular flexibility index (Phi) is 3.96. The second-order valence-electron chi connectivity index (χ2n) is 3.90. The van der Waals surface area contributed by atoms with Gasteiger partial charge in [0, 0.05) is 18.9 Å². The minimum absolute atomic E-state index is 0.132. The molecule has 5 heteroatoms. The summed E-state index contributed by atoms with van der Waals surface area (Å²) in [5.74, 6) is -0.132. The van der Waals surface area contributed by atoms with Crippen LogP contribution in [-0.2, 0) is 16.2 Å². The fourth-order valence-corrected chi connectivity index (χ4v) is 2.70. The van der Waals surface area contributed by atoms with Gasteiger partial charge in [0.25, 0.3) is 5.91 Å². The van der Waals surface area contributed by atoms with Crippen molar-refractivity contribution in [2.45, 2.75) is 6.61 Å². The van der Waals surface area contributed by atoms with Gasteiger partial charge in [0.1, 0.15) is 0 Å². The second-order valence-corrected chi connectivity index (χ2v) is 4.98. The molecular formula is C13H15NO3S. The van der Waals surface area contributed by atoms with Crippen LogP contribution in [0.5, 0.6) is 0 Å². The highest BCUT2D eigenvalue weighted by atomic mass is 32.1. The van der Waals surface area contributed by atoms with E-state index in [0.29, 0.717) is 11.5 Å². The highest BCUT2D eigenvalue weighted by molar-refractivity contribution is 7.20. The van der Waals surface area contributed by atoms with Crippen LogP contribution in [0.25, 0.3) is 10.1 Å². The van der Waals surface area contributed by atoms with Gasteiger partial charge in [-0.3, -0.25) is 9.63 Å². The Balaban J connectivity index is 2.35. The van der Waals surface area contributed by atoms with Gasteiger partial charge in [-0.15, -0.1) is 11.3 Å². The Labute approximate surface area is 110 Å². The van der Waals surface area contributed by atoms with Gasteiger partial charge >= 0.3 is 0 Å². The maximum atomic E-state index is 11.9. The van der Waals surface area contributed by atoms with Crippen LogP contribution in [0.1, 0.15) is 15.2 Å². The molecule has 2 rings (SSSR count). The maximum absolute atomic E-state index is 11.9. The van der Waals surface area contributed by atoms with Crippen LogP contribution in [0, 0.1) is 0 Å². The number of hydrogen-bond acceptors (Lipinski definition) is 4. The number of carbonyl (C=O) groups excluding carboxylic acids is 1. The average Bonchev–Trinajstić information content (AvgIpc) is 2.80. The predicted molar refractivity (Wildman–Crippen MR) is 71.6 cm³/mol. The molecule has 0 aliphatic carbocycles. The van der Waals surface area contributed by atoms with Crippen molar-refractivity contribution in [3.63, 3.8) is 0 Å². The Morgan fingerprint density at radius 2 is 2.11 bits per heavy atom. The quantitative estimate of drug-likeness (QED) is 0.798. The van der Waals surface area contributed by atoms with Gasteiger partial charge in [-0.05, 0) is 29.1 Å². The summed E-state index contributed by atoms with van der Waals surface area (Å²) >= 11 is 1.46. The lowest BCUT2D eigenvalue weighted by Gasteiger charge is -2.11. The van der Waals surface area contributed by atoms with Crippen LogP contribution in [0.3, 0.4) is 0 Å². The van der Waals surface area contributed by atoms with Gasteiger partial charge in [0.15, 0.2) is 0 Å². The summed E-state index contributed by atoms with van der Waals surface area (Å²) in [6.07, 6.45) is 0. The van der Waals surface area contributed by atoms with E-state index < -0.39 is 0 Å². The molecule has 1 heterocycles. The number of fused-ring (bicyclic) bond motifs is 1. The number of ether oxygens (including phenoxy) is 1. The number of benzene rings is 1. The molecule has 1 aromatic heterocycles. The Morgan fingerprint density at radius 1 is 1.33 bits per heavy atom. The number of hydroxylamine groups is 2. The predicted octanol–water partition coefficient (Wildman–Crippen LogP) is 2.68. The first kappa shape index (κ1) is 13.0. The third kappa shape index (κ3) is 2.53. The van der Waals surface area contributed by atoms with Crippen LogP contribution in [0.4, 0.5) is 0 Å². The summed E-state index contributed by atoms with van der Waals surface area (Å²) in [4.78, 5) is 17.5. The monoisotopic (exact) mass is 265 g/mol. The standard InChI is InChI=1S/C13H15NO3S/c1-14(17-3)13(15)12-7-10-6-9(8-16-2)4-5-11(10)18-12/h4-7H,8H2,1-3H3. The summed E-state index contributed by atoms with van der Waals surface area (Å²) < 4.78 is 6.18. The number of amides is 1. The molecule has 18 heavy (non-hydrogen) atoms. The van der Waals surface area contributed by atoms with E-state index >= 15 is 0 Å². The molecule has 0 unspecified atom stereocenters. The average molecular weight is 265 g/mol. The van der Waals surface area contributed by atoms with E-state index in [2.05, 4.69) is 0 Å². The molecule has 96 valence electrons. The summed E-state index contributed by atoms with van der Waals surface area (Å²) in [7, 11) is 4.74. The topological polar surface area (TPSA) is 38.8 Å². The molecule has 0 fully saturated rings. The molecule has 0 bridgehead atoms. The number of carbonyl (C=O) groups is 1. The molecule has 2 aromatic rings. The zero-order valence-electron chi connectivity index (χ0n) is 10.6. The molecule has 0 atom stereocenters. The zero-order valence-corrected chi connectivity index (χ0v) is 11.4. The lowest BCUT2D eigenvalue weighted by atomic mass is 10.2. The molecule has 0 aliphatic rings. The Hall–Kier alpha value is -1.43. The van der Waals surface area contributed by atoms with E-state index in [1.54, 1.807) is 14.2 Å². The van der Waals surface area contributed by atoms with Gasteiger partial charge in [0.05, 0.1) is 18.6 Å². The van der Waals surface area contributed by atoms with Gasteiger partial charge < -0.3 is 4.74 Å². The van der Waals surface area contributed by atoms with E-state index in [9.17, 15) is 4.79 Å². The maximum Gasteiger partial charge on any atom is 0.287 e. The smallest absolute Gasteiger partial charge is 0.287 e. The van der Waals surface area contributed by atoms with Crippen LogP contribution in [0.2, 0.25) is 0 Å².